The van der Waals surface area contributed by atoms with Crippen molar-refractivity contribution in [1.82, 2.24) is 0 Å². The van der Waals surface area contributed by atoms with Gasteiger partial charge < -0.3 is 23.4 Å². The van der Waals surface area contributed by atoms with Crippen LogP contribution < -0.4 is 24.4 Å². The topological polar surface area (TPSA) is 84.2 Å². The number of carbonyl (C=O) groups is 1. The number of rotatable bonds is 10. The molecule has 0 N–H and O–H groups in total. The second-order valence-corrected chi connectivity index (χ2v) is 8.32. The smallest absolute Gasteiger partial charge is 0.203 e. The van der Waals surface area contributed by atoms with Crippen molar-refractivity contribution < 1.29 is 28.2 Å². The lowest BCUT2D eigenvalue weighted by atomic mass is 10.0. The molecule has 38 heavy (non-hydrogen) atoms. The van der Waals surface area contributed by atoms with E-state index in [0.29, 0.717) is 34.1 Å². The molecule has 0 saturated heterocycles. The van der Waals surface area contributed by atoms with Crippen molar-refractivity contribution in [1.29, 1.82) is 0 Å². The lowest BCUT2D eigenvalue weighted by molar-refractivity contribution is 0.104. The van der Waals surface area contributed by atoms with Gasteiger partial charge in [-0.05, 0) is 42.8 Å². The number of allylic oxidation sites excluding steroid dienone is 1. The van der Waals surface area contributed by atoms with E-state index in [9.17, 15) is 9.59 Å². The van der Waals surface area contributed by atoms with Crippen molar-refractivity contribution in [3.8, 4) is 34.3 Å². The Morgan fingerprint density at radius 2 is 1.63 bits per heavy atom. The number of hydrogen-bond donors (Lipinski definition) is 0. The van der Waals surface area contributed by atoms with Gasteiger partial charge in [0.1, 0.15) is 23.7 Å². The standard InChI is InChI=1S/C31H28O7/c1-6-16-37-24-15-13-22-28(33)19(2)29(21-10-8-7-9-11-21)38-30(22)27(24)23(32)14-12-20-17-25(34-3)31(36-5)26(18-20)35-4/h6-15,17-18H,1,16H2,2-5H3. The maximum Gasteiger partial charge on any atom is 0.203 e. The molecule has 4 aromatic rings. The SMILES string of the molecule is C=CCOc1ccc2c(=O)c(C)c(-c3ccccc3)oc2c1C(=O)C=Cc1cc(OC)c(OC)c(OC)c1. The highest BCUT2D eigenvalue weighted by molar-refractivity contribution is 6.15. The highest BCUT2D eigenvalue weighted by Gasteiger charge is 2.22. The summed E-state index contributed by atoms with van der Waals surface area (Å²) in [4.78, 5) is 27.0. The maximum absolute atomic E-state index is 13.7. The van der Waals surface area contributed by atoms with Crippen LogP contribution in [-0.4, -0.2) is 33.7 Å². The molecule has 3 aromatic carbocycles. The van der Waals surface area contributed by atoms with Crippen LogP contribution >= 0.6 is 0 Å². The summed E-state index contributed by atoms with van der Waals surface area (Å²) >= 11 is 0. The van der Waals surface area contributed by atoms with Crippen LogP contribution in [0, 0.1) is 6.92 Å². The van der Waals surface area contributed by atoms with Crippen LogP contribution in [0.1, 0.15) is 21.5 Å². The van der Waals surface area contributed by atoms with Gasteiger partial charge in [0, 0.05) is 11.1 Å². The van der Waals surface area contributed by atoms with E-state index in [1.807, 2.05) is 30.3 Å². The average molecular weight is 513 g/mol. The third-order valence-electron chi connectivity index (χ3n) is 6.00. The second kappa shape index (κ2) is 11.5. The highest BCUT2D eigenvalue weighted by Crippen LogP contribution is 2.39. The van der Waals surface area contributed by atoms with Crippen LogP contribution in [-0.2, 0) is 0 Å². The van der Waals surface area contributed by atoms with Crippen LogP contribution in [0.5, 0.6) is 23.0 Å². The lowest BCUT2D eigenvalue weighted by Gasteiger charge is -2.14. The predicted octanol–water partition coefficient (Wildman–Crippen LogP) is 6.26. The summed E-state index contributed by atoms with van der Waals surface area (Å²) in [7, 11) is 4.55. The minimum absolute atomic E-state index is 0.141. The van der Waals surface area contributed by atoms with Crippen molar-refractivity contribution in [2.45, 2.75) is 6.92 Å². The molecule has 0 spiro atoms. The largest absolute Gasteiger partial charge is 0.493 e. The van der Waals surface area contributed by atoms with Gasteiger partial charge in [-0.1, -0.05) is 49.1 Å². The van der Waals surface area contributed by atoms with Gasteiger partial charge >= 0.3 is 0 Å². The summed E-state index contributed by atoms with van der Waals surface area (Å²) in [5.74, 6) is 1.61. The molecule has 0 saturated carbocycles. The fourth-order valence-corrected chi connectivity index (χ4v) is 4.15. The van der Waals surface area contributed by atoms with Crippen molar-refractivity contribution in [2.75, 3.05) is 27.9 Å². The minimum atomic E-state index is -0.408. The third-order valence-corrected chi connectivity index (χ3v) is 6.00. The molecule has 7 nitrogen and oxygen atoms in total. The second-order valence-electron chi connectivity index (χ2n) is 8.32. The van der Waals surface area contributed by atoms with E-state index in [1.165, 1.54) is 27.4 Å². The van der Waals surface area contributed by atoms with E-state index < -0.39 is 5.78 Å². The zero-order valence-corrected chi connectivity index (χ0v) is 21.7. The Hall–Kier alpha value is -4.78. The van der Waals surface area contributed by atoms with Crippen LogP contribution in [0.2, 0.25) is 0 Å². The van der Waals surface area contributed by atoms with Crippen molar-refractivity contribution in [2.24, 2.45) is 0 Å². The zero-order chi connectivity index (χ0) is 27.2. The number of ketones is 1. The Morgan fingerprint density at radius 1 is 0.947 bits per heavy atom. The number of ether oxygens (including phenoxy) is 4. The first-order valence-electron chi connectivity index (χ1n) is 11.8. The summed E-state index contributed by atoms with van der Waals surface area (Å²) in [6, 6.07) is 15.9. The van der Waals surface area contributed by atoms with Crippen LogP contribution in [0.3, 0.4) is 0 Å². The molecule has 0 aliphatic rings. The fraction of sp³-hybridized carbons (Fsp3) is 0.161. The molecular formula is C31H28O7. The molecule has 0 atom stereocenters. The van der Waals surface area contributed by atoms with Crippen LogP contribution in [0.15, 0.2) is 82.5 Å². The van der Waals surface area contributed by atoms with Gasteiger partial charge in [0.05, 0.1) is 26.7 Å². The minimum Gasteiger partial charge on any atom is -0.493 e. The van der Waals surface area contributed by atoms with Crippen LogP contribution in [0.25, 0.3) is 28.4 Å². The predicted molar refractivity (Wildman–Crippen MR) is 148 cm³/mol. The van der Waals surface area contributed by atoms with E-state index >= 15 is 0 Å². The van der Waals surface area contributed by atoms with E-state index in [4.69, 9.17) is 23.4 Å². The van der Waals surface area contributed by atoms with Crippen molar-refractivity contribution in [3.05, 3.63) is 100 Å². The molecule has 0 unspecified atom stereocenters. The van der Waals surface area contributed by atoms with E-state index in [1.54, 1.807) is 43.3 Å². The Balaban J connectivity index is 1.89. The highest BCUT2D eigenvalue weighted by atomic mass is 16.5. The third kappa shape index (κ3) is 5.04. The van der Waals surface area contributed by atoms with Gasteiger partial charge in [-0.15, -0.1) is 0 Å². The quantitative estimate of drug-likeness (QED) is 0.141. The number of methoxy groups -OCH3 is 3. The lowest BCUT2D eigenvalue weighted by Crippen LogP contribution is -2.11. The van der Waals surface area contributed by atoms with E-state index in [-0.39, 0.29) is 34.3 Å². The molecule has 0 aliphatic heterocycles. The molecule has 194 valence electrons. The number of carbonyl (C=O) groups excluding carboxylic acids is 1. The van der Waals surface area contributed by atoms with Gasteiger partial charge in [0.25, 0.3) is 0 Å². The van der Waals surface area contributed by atoms with Crippen molar-refractivity contribution >= 4 is 22.8 Å². The summed E-state index contributed by atoms with van der Waals surface area (Å²) in [6.07, 6.45) is 4.58. The Bertz CT molecular complexity index is 1550. The first kappa shape index (κ1) is 26.3. The molecule has 7 heteroatoms. The van der Waals surface area contributed by atoms with Crippen LogP contribution in [0.4, 0.5) is 0 Å². The molecule has 0 bridgehead atoms. The molecule has 0 fully saturated rings. The maximum atomic E-state index is 13.7. The Labute approximate surface area is 220 Å². The first-order chi connectivity index (χ1) is 18.4. The Kier molecular flexibility index (Phi) is 7.97. The van der Waals surface area contributed by atoms with Crippen molar-refractivity contribution in [3.63, 3.8) is 0 Å². The van der Waals surface area contributed by atoms with Gasteiger partial charge in [0.2, 0.25) is 5.75 Å². The first-order valence-corrected chi connectivity index (χ1v) is 11.8. The summed E-state index contributed by atoms with van der Waals surface area (Å²) in [6.45, 7) is 5.56. The molecule has 4 rings (SSSR count). The van der Waals surface area contributed by atoms with Gasteiger partial charge in [-0.25, -0.2) is 0 Å². The Morgan fingerprint density at radius 3 is 2.24 bits per heavy atom. The monoisotopic (exact) mass is 512 g/mol. The molecule has 1 heterocycles. The molecular weight excluding hydrogens is 484 g/mol. The summed E-state index contributed by atoms with van der Waals surface area (Å²) in [5, 5.41) is 0.290. The zero-order valence-electron chi connectivity index (χ0n) is 21.7. The number of benzene rings is 3. The van der Waals surface area contributed by atoms with E-state index in [2.05, 4.69) is 6.58 Å². The van der Waals surface area contributed by atoms with Gasteiger partial charge in [-0.2, -0.15) is 0 Å². The summed E-state index contributed by atoms with van der Waals surface area (Å²) in [5.41, 5.74) is 1.90. The molecule has 0 amide bonds. The number of fused-ring (bicyclic) bond motifs is 1. The molecule has 0 aliphatic carbocycles. The number of hydrogen-bond acceptors (Lipinski definition) is 7. The fourth-order valence-electron chi connectivity index (χ4n) is 4.15. The normalized spacial score (nSPS) is 10.9. The average Bonchev–Trinajstić information content (AvgIpc) is 2.95. The summed E-state index contributed by atoms with van der Waals surface area (Å²) < 4.78 is 28.3. The van der Waals surface area contributed by atoms with Gasteiger partial charge in [-0.3, -0.25) is 9.59 Å². The molecule has 0 radical (unpaired) electrons. The molecule has 1 aromatic heterocycles. The van der Waals surface area contributed by atoms with Gasteiger partial charge in [0.15, 0.2) is 28.3 Å². The van der Waals surface area contributed by atoms with E-state index in [0.717, 1.165) is 5.56 Å².